The van der Waals surface area contributed by atoms with Crippen LogP contribution in [0.15, 0.2) is 0 Å². The number of amides is 1. The molecule has 0 saturated heterocycles. The van der Waals surface area contributed by atoms with E-state index in [9.17, 15) is 9.18 Å². The molecule has 0 spiro atoms. The molecule has 1 aromatic rings. The number of hydrogen-bond donors (Lipinski definition) is 0. The molecule has 1 aliphatic carbocycles. The zero-order chi connectivity index (χ0) is 15.1. The lowest BCUT2D eigenvalue weighted by Gasteiger charge is -2.33. The van der Waals surface area contributed by atoms with Crippen molar-refractivity contribution < 1.29 is 13.9 Å². The average molecular weight is 299 g/mol. The van der Waals surface area contributed by atoms with Crippen molar-refractivity contribution in [3.05, 3.63) is 21.1 Å². The molecule has 20 heavy (non-hydrogen) atoms. The number of rotatable bonds is 1. The van der Waals surface area contributed by atoms with Gasteiger partial charge in [-0.05, 0) is 58.1 Å². The van der Waals surface area contributed by atoms with Gasteiger partial charge in [-0.2, -0.15) is 4.39 Å². The van der Waals surface area contributed by atoms with Gasteiger partial charge in [0.15, 0.2) is 5.13 Å². The second-order valence-electron chi connectivity index (χ2n) is 6.39. The van der Waals surface area contributed by atoms with Crippen LogP contribution >= 0.6 is 11.3 Å². The summed E-state index contributed by atoms with van der Waals surface area (Å²) in [6.45, 7) is 7.39. The van der Waals surface area contributed by atoms with Gasteiger partial charge < -0.3 is 9.64 Å². The Morgan fingerprint density at radius 3 is 2.70 bits per heavy atom. The van der Waals surface area contributed by atoms with E-state index in [-0.39, 0.29) is 17.3 Å². The minimum absolute atomic E-state index is 0.0874. The monoisotopic (exact) mass is 299 g/mol. The fourth-order valence-corrected chi connectivity index (χ4v) is 3.56. The highest BCUT2D eigenvalue weighted by molar-refractivity contribution is 7.10. The summed E-state index contributed by atoms with van der Waals surface area (Å²) in [6.07, 6.45) is 2.11. The van der Waals surface area contributed by atoms with Crippen LogP contribution in [0.1, 0.15) is 43.2 Å². The Labute approximate surface area is 123 Å². The van der Waals surface area contributed by atoms with E-state index >= 15 is 0 Å². The van der Waals surface area contributed by atoms with E-state index < -0.39 is 5.60 Å². The number of hydrogen-bond acceptors (Lipinski definition) is 3. The number of fused-ring (bicyclic) bond motifs is 1. The topological polar surface area (TPSA) is 29.5 Å². The van der Waals surface area contributed by atoms with Crippen molar-refractivity contribution in [2.24, 2.45) is 0 Å². The third-order valence-corrected chi connectivity index (χ3v) is 4.85. The molecule has 0 N–H and O–H groups in total. The molecule has 1 amide bonds. The lowest BCUT2D eigenvalue weighted by atomic mass is 9.91. The fraction of sp³-hybridized carbons (Fsp3) is 0.667. The van der Waals surface area contributed by atoms with E-state index in [0.717, 1.165) is 35.3 Å². The minimum atomic E-state index is -0.490. The van der Waals surface area contributed by atoms with Crippen LogP contribution < -0.4 is 0 Å². The molecule has 1 heterocycles. The maximum Gasteiger partial charge on any atom is 0.410 e. The molecule has 0 saturated carbocycles. The molecule has 3 nitrogen and oxygen atoms in total. The molecule has 112 valence electrons. The highest BCUT2D eigenvalue weighted by atomic mass is 32.1. The molecule has 0 bridgehead atoms. The van der Waals surface area contributed by atoms with Crippen molar-refractivity contribution in [2.45, 2.75) is 58.6 Å². The Hall–Kier alpha value is -1.10. The van der Waals surface area contributed by atoms with Crippen molar-refractivity contribution in [3.63, 3.8) is 0 Å². The van der Waals surface area contributed by atoms with Gasteiger partial charge in [0.25, 0.3) is 0 Å². The summed E-state index contributed by atoms with van der Waals surface area (Å²) in [7, 11) is 1.77. The number of carbonyl (C=O) groups excluding carboxylic acids is 1. The maximum absolute atomic E-state index is 13.6. The highest BCUT2D eigenvalue weighted by Crippen LogP contribution is 2.34. The smallest absolute Gasteiger partial charge is 0.410 e. The molecular formula is C15H22FNO2S. The summed E-state index contributed by atoms with van der Waals surface area (Å²) >= 11 is 1.25. The second-order valence-corrected chi connectivity index (χ2v) is 7.45. The average Bonchev–Trinajstić information content (AvgIpc) is 2.62. The number of ether oxygens (including phenoxy) is 1. The Morgan fingerprint density at radius 2 is 2.10 bits per heavy atom. The molecule has 0 fully saturated rings. The van der Waals surface area contributed by atoms with Crippen LogP contribution in [0.4, 0.5) is 9.18 Å². The van der Waals surface area contributed by atoms with Crippen LogP contribution in [0.2, 0.25) is 0 Å². The van der Waals surface area contributed by atoms with Gasteiger partial charge in [-0.15, -0.1) is 11.3 Å². The van der Waals surface area contributed by atoms with E-state index in [1.54, 1.807) is 11.9 Å². The lowest BCUT2D eigenvalue weighted by molar-refractivity contribution is 0.0210. The first kappa shape index (κ1) is 15.3. The van der Waals surface area contributed by atoms with Crippen LogP contribution in [0.3, 0.4) is 0 Å². The normalized spacial score (nSPS) is 18.6. The van der Waals surface area contributed by atoms with E-state index in [4.69, 9.17) is 4.74 Å². The quantitative estimate of drug-likeness (QED) is 0.786. The summed E-state index contributed by atoms with van der Waals surface area (Å²) in [5, 5.41) is -0.0874. The number of nitrogens with zero attached hydrogens (tertiary/aromatic N) is 1. The molecular weight excluding hydrogens is 277 g/mol. The van der Waals surface area contributed by atoms with Crippen LogP contribution in [0.25, 0.3) is 0 Å². The third kappa shape index (κ3) is 3.14. The summed E-state index contributed by atoms with van der Waals surface area (Å²) in [4.78, 5) is 14.9. The lowest BCUT2D eigenvalue weighted by Crippen LogP contribution is -2.43. The summed E-state index contributed by atoms with van der Waals surface area (Å²) in [5.74, 6) is 0. The van der Waals surface area contributed by atoms with E-state index in [0.29, 0.717) is 0 Å². The number of thiophene rings is 1. The molecule has 1 unspecified atom stereocenters. The molecule has 2 rings (SSSR count). The first-order valence-corrected chi connectivity index (χ1v) is 7.73. The van der Waals surface area contributed by atoms with Crippen LogP contribution in [-0.2, 0) is 17.6 Å². The Balaban J connectivity index is 2.08. The van der Waals surface area contributed by atoms with Gasteiger partial charge in [0.05, 0.1) is 0 Å². The van der Waals surface area contributed by atoms with Gasteiger partial charge >= 0.3 is 6.09 Å². The van der Waals surface area contributed by atoms with Crippen molar-refractivity contribution in [2.75, 3.05) is 7.05 Å². The summed E-state index contributed by atoms with van der Waals surface area (Å²) in [6, 6.07) is 0.0880. The summed E-state index contributed by atoms with van der Waals surface area (Å²) in [5.41, 5.74) is 1.33. The van der Waals surface area contributed by atoms with Crippen molar-refractivity contribution in [1.82, 2.24) is 4.90 Å². The van der Waals surface area contributed by atoms with Gasteiger partial charge in [-0.1, -0.05) is 0 Å². The van der Waals surface area contributed by atoms with Gasteiger partial charge in [-0.25, -0.2) is 4.79 Å². The van der Waals surface area contributed by atoms with Crippen molar-refractivity contribution >= 4 is 17.4 Å². The Kier molecular flexibility index (Phi) is 4.09. The molecule has 1 aromatic heterocycles. The Bertz CT molecular complexity index is 519. The molecule has 0 aliphatic heterocycles. The first-order chi connectivity index (χ1) is 9.19. The molecule has 1 atom stereocenters. The minimum Gasteiger partial charge on any atom is -0.444 e. The fourth-order valence-electron chi connectivity index (χ4n) is 2.49. The van der Waals surface area contributed by atoms with E-state index in [1.807, 2.05) is 27.7 Å². The summed E-state index contributed by atoms with van der Waals surface area (Å²) < 4.78 is 19.0. The largest absolute Gasteiger partial charge is 0.444 e. The molecule has 1 aliphatic rings. The van der Waals surface area contributed by atoms with E-state index in [1.165, 1.54) is 11.3 Å². The third-order valence-electron chi connectivity index (χ3n) is 3.67. The zero-order valence-electron chi connectivity index (χ0n) is 12.7. The van der Waals surface area contributed by atoms with Crippen molar-refractivity contribution in [1.29, 1.82) is 0 Å². The molecule has 0 radical (unpaired) electrons. The van der Waals surface area contributed by atoms with Crippen LogP contribution in [0.5, 0.6) is 0 Å². The number of likely N-dealkylation sites (N-methyl/N-ethyl adjacent to an activating group) is 1. The van der Waals surface area contributed by atoms with Gasteiger partial charge in [-0.3, -0.25) is 0 Å². The standard InChI is InChI=1S/C15H22FNO2S/c1-9-11-8-10(6-7-12(11)20-13(9)16)17(5)14(18)19-15(2,3)4/h10H,6-8H2,1-5H3. The predicted molar refractivity (Wildman–Crippen MR) is 78.8 cm³/mol. The molecule has 5 heteroatoms. The maximum atomic E-state index is 13.6. The second kappa shape index (κ2) is 5.35. The zero-order valence-corrected chi connectivity index (χ0v) is 13.6. The number of halogens is 1. The van der Waals surface area contributed by atoms with E-state index in [2.05, 4.69) is 0 Å². The predicted octanol–water partition coefficient (Wildman–Crippen LogP) is 3.92. The SMILES string of the molecule is Cc1c(F)sc2c1CC(N(C)C(=O)OC(C)(C)C)CC2. The first-order valence-electron chi connectivity index (χ1n) is 6.91. The Morgan fingerprint density at radius 1 is 1.45 bits per heavy atom. The van der Waals surface area contributed by atoms with Crippen molar-refractivity contribution in [3.8, 4) is 0 Å². The van der Waals surface area contributed by atoms with Crippen LogP contribution in [0, 0.1) is 12.1 Å². The van der Waals surface area contributed by atoms with Gasteiger partial charge in [0.1, 0.15) is 5.60 Å². The number of aryl methyl sites for hydroxylation is 1. The van der Waals surface area contributed by atoms with Gasteiger partial charge in [0, 0.05) is 18.0 Å². The van der Waals surface area contributed by atoms with Crippen LogP contribution in [-0.4, -0.2) is 29.7 Å². The highest BCUT2D eigenvalue weighted by Gasteiger charge is 2.30. The number of carbonyl (C=O) groups is 1. The van der Waals surface area contributed by atoms with Gasteiger partial charge in [0.2, 0.25) is 0 Å². The molecule has 0 aromatic carbocycles.